The van der Waals surface area contributed by atoms with E-state index in [1.165, 1.54) is 12.1 Å². The van der Waals surface area contributed by atoms with E-state index in [0.717, 1.165) is 22.9 Å². The van der Waals surface area contributed by atoms with Crippen molar-refractivity contribution in [3.63, 3.8) is 0 Å². The summed E-state index contributed by atoms with van der Waals surface area (Å²) in [5.74, 6) is 0.0134. The molecule has 0 aliphatic carbocycles. The van der Waals surface area contributed by atoms with E-state index >= 15 is 0 Å². The quantitative estimate of drug-likeness (QED) is 0.771. The molecule has 0 amide bonds. The number of nitrogens with zero attached hydrogens (tertiary/aromatic N) is 2. The lowest BCUT2D eigenvalue weighted by atomic mass is 10.2. The molecule has 0 atom stereocenters. The van der Waals surface area contributed by atoms with E-state index < -0.39 is 15.8 Å². The molecule has 2 aromatic carbocycles. The first-order valence-electron chi connectivity index (χ1n) is 7.54. The molecule has 3 aromatic rings. The smallest absolute Gasteiger partial charge is 0.243 e. The van der Waals surface area contributed by atoms with Crippen molar-refractivity contribution in [3.05, 3.63) is 59.7 Å². The Bertz CT molecular complexity index is 996. The predicted molar refractivity (Wildman–Crippen MR) is 90.7 cm³/mol. The fourth-order valence-corrected chi connectivity index (χ4v) is 3.80. The number of sulfonamides is 1. The number of imidazole rings is 1. The van der Waals surface area contributed by atoms with Crippen LogP contribution in [-0.4, -0.2) is 24.5 Å². The van der Waals surface area contributed by atoms with Crippen LogP contribution in [-0.2, 0) is 23.5 Å². The molecule has 0 radical (unpaired) electrons. The zero-order valence-corrected chi connectivity index (χ0v) is 14.3. The third kappa shape index (κ3) is 3.18. The van der Waals surface area contributed by atoms with Gasteiger partial charge in [-0.25, -0.2) is 22.5 Å². The van der Waals surface area contributed by atoms with Gasteiger partial charge in [-0.1, -0.05) is 18.2 Å². The number of rotatable bonds is 5. The van der Waals surface area contributed by atoms with Crippen molar-refractivity contribution in [1.29, 1.82) is 0 Å². The molecule has 1 aromatic heterocycles. The maximum atomic E-state index is 13.8. The Hall–Kier alpha value is -2.25. The van der Waals surface area contributed by atoms with Crippen LogP contribution in [0.2, 0.25) is 0 Å². The zero-order valence-electron chi connectivity index (χ0n) is 13.5. The number of nitrogens with one attached hydrogen (secondary N) is 1. The van der Waals surface area contributed by atoms with E-state index in [2.05, 4.69) is 9.71 Å². The molecule has 0 fully saturated rings. The van der Waals surface area contributed by atoms with Crippen LogP contribution in [0.3, 0.4) is 0 Å². The standard InChI is InChI=1S/C17H18FN3O2S/c1-12-7-8-13(18)16(11-12)24(22,23)19-10-9-17-20-14-5-3-4-6-15(14)21(17)2/h3-8,11,19H,9-10H2,1-2H3. The molecule has 126 valence electrons. The second-order valence-electron chi connectivity index (χ2n) is 5.66. The Morgan fingerprint density at radius 2 is 1.96 bits per heavy atom. The van der Waals surface area contributed by atoms with Crippen LogP contribution in [0.25, 0.3) is 11.0 Å². The average Bonchev–Trinajstić information content (AvgIpc) is 2.86. The molecular formula is C17H18FN3O2S. The fraction of sp³-hybridized carbons (Fsp3) is 0.235. The molecule has 7 heteroatoms. The van der Waals surface area contributed by atoms with Gasteiger partial charge in [0.15, 0.2) is 0 Å². The van der Waals surface area contributed by atoms with Gasteiger partial charge in [0.1, 0.15) is 16.5 Å². The van der Waals surface area contributed by atoms with Crippen molar-refractivity contribution in [2.45, 2.75) is 18.2 Å². The molecule has 1 N–H and O–H groups in total. The van der Waals surface area contributed by atoms with E-state index in [9.17, 15) is 12.8 Å². The first-order chi connectivity index (χ1) is 11.4. The van der Waals surface area contributed by atoms with Crippen molar-refractivity contribution < 1.29 is 12.8 Å². The van der Waals surface area contributed by atoms with Gasteiger partial charge in [-0.2, -0.15) is 0 Å². The third-order valence-corrected chi connectivity index (χ3v) is 5.37. The number of hydrogen-bond donors (Lipinski definition) is 1. The minimum absolute atomic E-state index is 0.146. The van der Waals surface area contributed by atoms with E-state index in [0.29, 0.717) is 12.0 Å². The molecule has 0 saturated carbocycles. The van der Waals surface area contributed by atoms with Gasteiger partial charge < -0.3 is 4.57 Å². The summed E-state index contributed by atoms with van der Waals surface area (Å²) in [6, 6.07) is 11.7. The van der Waals surface area contributed by atoms with Gasteiger partial charge in [0, 0.05) is 20.0 Å². The van der Waals surface area contributed by atoms with Crippen LogP contribution in [0.5, 0.6) is 0 Å². The summed E-state index contributed by atoms with van der Waals surface area (Å²) in [5.41, 5.74) is 2.54. The number of aromatic nitrogens is 2. The largest absolute Gasteiger partial charge is 0.331 e. The van der Waals surface area contributed by atoms with Crippen molar-refractivity contribution >= 4 is 21.1 Å². The molecule has 0 unspecified atom stereocenters. The highest BCUT2D eigenvalue weighted by atomic mass is 32.2. The van der Waals surface area contributed by atoms with Gasteiger partial charge in [-0.05, 0) is 36.8 Å². The maximum absolute atomic E-state index is 13.8. The topological polar surface area (TPSA) is 64.0 Å². The number of hydrogen-bond acceptors (Lipinski definition) is 3. The Morgan fingerprint density at radius 1 is 1.21 bits per heavy atom. The Morgan fingerprint density at radius 3 is 2.71 bits per heavy atom. The number of fused-ring (bicyclic) bond motifs is 1. The molecule has 24 heavy (non-hydrogen) atoms. The van der Waals surface area contributed by atoms with Gasteiger partial charge >= 0.3 is 0 Å². The molecule has 1 heterocycles. The van der Waals surface area contributed by atoms with Crippen molar-refractivity contribution in [2.24, 2.45) is 7.05 Å². The Balaban J connectivity index is 1.75. The highest BCUT2D eigenvalue weighted by Gasteiger charge is 2.19. The van der Waals surface area contributed by atoms with Crippen molar-refractivity contribution in [1.82, 2.24) is 14.3 Å². The highest BCUT2D eigenvalue weighted by molar-refractivity contribution is 7.89. The van der Waals surface area contributed by atoms with Crippen LogP contribution < -0.4 is 4.72 Å². The van der Waals surface area contributed by atoms with E-state index in [-0.39, 0.29) is 11.4 Å². The monoisotopic (exact) mass is 347 g/mol. The van der Waals surface area contributed by atoms with Crippen LogP contribution in [0.1, 0.15) is 11.4 Å². The lowest BCUT2D eigenvalue weighted by molar-refractivity contribution is 0.556. The van der Waals surface area contributed by atoms with Gasteiger partial charge in [0.2, 0.25) is 10.0 Å². The molecule has 0 aliphatic heterocycles. The lowest BCUT2D eigenvalue weighted by Crippen LogP contribution is -2.27. The van der Waals surface area contributed by atoms with Crippen molar-refractivity contribution in [3.8, 4) is 0 Å². The first-order valence-corrected chi connectivity index (χ1v) is 9.03. The fourth-order valence-electron chi connectivity index (χ4n) is 2.61. The average molecular weight is 347 g/mol. The molecule has 0 spiro atoms. The van der Waals surface area contributed by atoms with Gasteiger partial charge in [0.25, 0.3) is 0 Å². The summed E-state index contributed by atoms with van der Waals surface area (Å²) in [7, 11) is -2.00. The highest BCUT2D eigenvalue weighted by Crippen LogP contribution is 2.17. The maximum Gasteiger partial charge on any atom is 0.243 e. The SMILES string of the molecule is Cc1ccc(F)c(S(=O)(=O)NCCc2nc3ccccc3n2C)c1. The van der Waals surface area contributed by atoms with Gasteiger partial charge in [-0.3, -0.25) is 0 Å². The predicted octanol–water partition coefficient (Wildman–Crippen LogP) is 2.54. The summed E-state index contributed by atoms with van der Waals surface area (Å²) in [4.78, 5) is 4.16. The molecule has 0 bridgehead atoms. The lowest BCUT2D eigenvalue weighted by Gasteiger charge is -2.08. The molecular weight excluding hydrogens is 329 g/mol. The minimum atomic E-state index is -3.89. The van der Waals surface area contributed by atoms with Gasteiger partial charge in [-0.15, -0.1) is 0 Å². The number of benzene rings is 2. The van der Waals surface area contributed by atoms with Crippen LogP contribution in [0.15, 0.2) is 47.4 Å². The number of aryl methyl sites for hydroxylation is 2. The van der Waals surface area contributed by atoms with Crippen LogP contribution >= 0.6 is 0 Å². The Labute approximate surface area is 140 Å². The van der Waals surface area contributed by atoms with Crippen molar-refractivity contribution in [2.75, 3.05) is 6.54 Å². The molecule has 0 saturated heterocycles. The normalized spacial score (nSPS) is 12.0. The summed E-state index contributed by atoms with van der Waals surface area (Å²) < 4.78 is 42.7. The van der Waals surface area contributed by atoms with E-state index in [1.54, 1.807) is 6.92 Å². The van der Waals surface area contributed by atoms with Gasteiger partial charge in [0.05, 0.1) is 11.0 Å². The van der Waals surface area contributed by atoms with Crippen LogP contribution in [0, 0.1) is 12.7 Å². The number of halogens is 1. The second-order valence-corrected chi connectivity index (χ2v) is 7.39. The third-order valence-electron chi connectivity index (χ3n) is 3.90. The number of para-hydroxylation sites is 2. The minimum Gasteiger partial charge on any atom is -0.331 e. The summed E-state index contributed by atoms with van der Waals surface area (Å²) in [6.45, 7) is 1.87. The second kappa shape index (κ2) is 6.33. The zero-order chi connectivity index (χ0) is 17.3. The molecule has 3 rings (SSSR count). The molecule has 0 aliphatic rings. The summed E-state index contributed by atoms with van der Waals surface area (Å²) in [5, 5.41) is 0. The summed E-state index contributed by atoms with van der Waals surface area (Å²) in [6.07, 6.45) is 0.415. The van der Waals surface area contributed by atoms with E-state index in [1.807, 2.05) is 35.9 Å². The van der Waals surface area contributed by atoms with E-state index in [4.69, 9.17) is 0 Å². The van der Waals surface area contributed by atoms with Crippen LogP contribution in [0.4, 0.5) is 4.39 Å². The summed E-state index contributed by atoms with van der Waals surface area (Å²) >= 11 is 0. The Kier molecular flexibility index (Phi) is 4.38. The molecule has 5 nitrogen and oxygen atoms in total. The first kappa shape index (κ1) is 16.6.